The average Bonchev–Trinajstić information content (AvgIpc) is 2.64. The summed E-state index contributed by atoms with van der Waals surface area (Å²) in [5, 5.41) is 3.77. The molecule has 2 aromatic heterocycles. The number of carbonyl (C=O) groups is 1. The van der Waals surface area contributed by atoms with Gasteiger partial charge in [0.15, 0.2) is 0 Å². The van der Waals surface area contributed by atoms with Gasteiger partial charge in [-0.3, -0.25) is 14.8 Å². The monoisotopic (exact) mass is 395 g/mol. The van der Waals surface area contributed by atoms with Crippen molar-refractivity contribution >= 4 is 32.7 Å². The first-order chi connectivity index (χ1) is 12.2. The Bertz CT molecular complexity index is 963. The number of halogens is 1. The lowest BCUT2D eigenvalue weighted by Crippen LogP contribution is -2.23. The molecule has 1 aromatic carbocycles. The van der Waals surface area contributed by atoms with Crippen LogP contribution in [0.25, 0.3) is 10.9 Å². The van der Waals surface area contributed by atoms with E-state index in [4.69, 9.17) is 4.74 Å². The van der Waals surface area contributed by atoms with Crippen LogP contribution >= 0.6 is 15.9 Å². The van der Waals surface area contributed by atoms with Crippen molar-refractivity contribution < 1.29 is 9.53 Å². The minimum atomic E-state index is -0.218. The highest BCUT2D eigenvalue weighted by Gasteiger charge is 2.04. The van der Waals surface area contributed by atoms with Gasteiger partial charge in [-0.15, -0.1) is 0 Å². The lowest BCUT2D eigenvalue weighted by Gasteiger charge is -2.03. The van der Waals surface area contributed by atoms with Gasteiger partial charge in [0.25, 0.3) is 5.91 Å². The quantitative estimate of drug-likeness (QED) is 0.688. The Morgan fingerprint density at radius 3 is 3.00 bits per heavy atom. The van der Waals surface area contributed by atoms with Gasteiger partial charge in [-0.05, 0) is 40.2 Å². The molecule has 0 saturated heterocycles. The molecule has 0 bridgehead atoms. The molecule has 0 fully saturated rings. The molecule has 1 amide bonds. The van der Waals surface area contributed by atoms with Crippen LogP contribution in [0.2, 0.25) is 0 Å². The van der Waals surface area contributed by atoms with Crippen LogP contribution in [0.3, 0.4) is 0 Å². The Morgan fingerprint density at radius 1 is 1.20 bits per heavy atom. The van der Waals surface area contributed by atoms with Crippen LogP contribution in [0.1, 0.15) is 10.4 Å². The maximum Gasteiger partial charge on any atom is 0.253 e. The van der Waals surface area contributed by atoms with E-state index in [0.29, 0.717) is 11.3 Å². The maximum absolute atomic E-state index is 11.9. The van der Waals surface area contributed by atoms with Crippen molar-refractivity contribution in [3.8, 4) is 17.6 Å². The molecule has 25 heavy (non-hydrogen) atoms. The molecule has 0 aliphatic heterocycles. The number of nitrogens with zero attached hydrogens (tertiary/aromatic N) is 2. The van der Waals surface area contributed by atoms with Crippen LogP contribution in [0, 0.1) is 11.8 Å². The smallest absolute Gasteiger partial charge is 0.253 e. The van der Waals surface area contributed by atoms with Crippen LogP contribution in [0.5, 0.6) is 5.75 Å². The van der Waals surface area contributed by atoms with Crippen molar-refractivity contribution in [1.82, 2.24) is 15.3 Å². The normalized spacial score (nSPS) is 9.96. The first kappa shape index (κ1) is 16.9. The summed E-state index contributed by atoms with van der Waals surface area (Å²) >= 11 is 3.28. The zero-order valence-electron chi connectivity index (χ0n) is 13.2. The summed E-state index contributed by atoms with van der Waals surface area (Å²) < 4.78 is 6.33. The Hall–Kier alpha value is -2.91. The Labute approximate surface area is 153 Å². The number of aromatic nitrogens is 2. The molecule has 0 atom stereocenters. The highest BCUT2D eigenvalue weighted by Crippen LogP contribution is 2.18. The second-order valence-corrected chi connectivity index (χ2v) is 5.99. The van der Waals surface area contributed by atoms with Crippen LogP contribution in [0.4, 0.5) is 0 Å². The van der Waals surface area contributed by atoms with Crippen molar-refractivity contribution in [1.29, 1.82) is 0 Å². The lowest BCUT2D eigenvalue weighted by atomic mass is 10.2. The molecule has 0 saturated carbocycles. The SMILES string of the molecule is O=C(NCC#CCOc1ccc2cccnc2c1)c1cncc(Br)c1. The number of fused-ring (bicyclic) bond motifs is 1. The second kappa shape index (κ2) is 8.27. The van der Waals surface area contributed by atoms with E-state index in [1.807, 2.05) is 30.3 Å². The molecular formula is C19H14BrN3O2. The van der Waals surface area contributed by atoms with E-state index in [1.165, 1.54) is 6.20 Å². The first-order valence-corrected chi connectivity index (χ1v) is 8.34. The molecule has 0 unspecified atom stereocenters. The molecule has 6 heteroatoms. The van der Waals surface area contributed by atoms with Crippen LogP contribution < -0.4 is 10.1 Å². The number of nitrogens with one attached hydrogen (secondary N) is 1. The van der Waals surface area contributed by atoms with Crippen LogP contribution in [-0.4, -0.2) is 29.0 Å². The van der Waals surface area contributed by atoms with Crippen molar-refractivity contribution in [3.63, 3.8) is 0 Å². The fourth-order valence-corrected chi connectivity index (χ4v) is 2.50. The lowest BCUT2D eigenvalue weighted by molar-refractivity contribution is 0.0958. The third-order valence-electron chi connectivity index (χ3n) is 3.32. The van der Waals surface area contributed by atoms with E-state index >= 15 is 0 Å². The molecule has 0 radical (unpaired) electrons. The molecule has 2 heterocycles. The largest absolute Gasteiger partial charge is 0.481 e. The molecule has 0 spiro atoms. The fourth-order valence-electron chi connectivity index (χ4n) is 2.13. The van der Waals surface area contributed by atoms with Gasteiger partial charge in [0.1, 0.15) is 12.4 Å². The second-order valence-electron chi connectivity index (χ2n) is 5.07. The molecular weight excluding hydrogens is 382 g/mol. The van der Waals surface area contributed by atoms with Gasteiger partial charge in [-0.1, -0.05) is 17.9 Å². The number of pyridine rings is 2. The summed E-state index contributed by atoms with van der Waals surface area (Å²) in [4.78, 5) is 20.1. The van der Waals surface area contributed by atoms with Gasteiger partial charge in [0.05, 0.1) is 17.6 Å². The van der Waals surface area contributed by atoms with E-state index < -0.39 is 0 Å². The van der Waals surface area contributed by atoms with Gasteiger partial charge in [-0.2, -0.15) is 0 Å². The van der Waals surface area contributed by atoms with E-state index in [0.717, 1.165) is 15.4 Å². The maximum atomic E-state index is 11.9. The molecule has 0 aliphatic carbocycles. The fraction of sp³-hybridized carbons (Fsp3) is 0.105. The van der Waals surface area contributed by atoms with Crippen LogP contribution in [-0.2, 0) is 0 Å². The minimum absolute atomic E-state index is 0.218. The third-order valence-corrected chi connectivity index (χ3v) is 3.75. The predicted molar refractivity (Wildman–Crippen MR) is 99.3 cm³/mol. The van der Waals surface area contributed by atoms with E-state index in [-0.39, 0.29) is 19.1 Å². The number of hydrogen-bond acceptors (Lipinski definition) is 4. The molecule has 1 N–H and O–H groups in total. The topological polar surface area (TPSA) is 64.1 Å². The van der Waals surface area contributed by atoms with Gasteiger partial charge in [-0.25, -0.2) is 0 Å². The zero-order valence-corrected chi connectivity index (χ0v) is 14.8. The average molecular weight is 396 g/mol. The molecule has 5 nitrogen and oxygen atoms in total. The summed E-state index contributed by atoms with van der Waals surface area (Å²) in [6, 6.07) is 11.3. The van der Waals surface area contributed by atoms with Crippen molar-refractivity contribution in [2.24, 2.45) is 0 Å². The molecule has 124 valence electrons. The number of rotatable bonds is 4. The zero-order chi connectivity index (χ0) is 17.5. The summed E-state index contributed by atoms with van der Waals surface area (Å²) in [5.41, 5.74) is 1.36. The standard InChI is InChI=1S/C19H14BrN3O2/c20-16-10-15(12-21-13-16)19(24)23-7-1-2-9-25-17-6-5-14-4-3-8-22-18(14)11-17/h3-6,8,10-13H,7,9H2,(H,23,24). The Kier molecular flexibility index (Phi) is 5.60. The number of carbonyl (C=O) groups excluding carboxylic acids is 1. The minimum Gasteiger partial charge on any atom is -0.481 e. The van der Waals surface area contributed by atoms with Gasteiger partial charge >= 0.3 is 0 Å². The summed E-state index contributed by atoms with van der Waals surface area (Å²) in [6.45, 7) is 0.487. The third kappa shape index (κ3) is 4.78. The number of amides is 1. The molecule has 3 rings (SSSR count). The van der Waals surface area contributed by atoms with E-state index in [1.54, 1.807) is 18.5 Å². The summed E-state index contributed by atoms with van der Waals surface area (Å²) in [6.07, 6.45) is 4.87. The van der Waals surface area contributed by atoms with Crippen molar-refractivity contribution in [2.75, 3.05) is 13.2 Å². The highest BCUT2D eigenvalue weighted by atomic mass is 79.9. The van der Waals surface area contributed by atoms with Crippen molar-refractivity contribution in [2.45, 2.75) is 0 Å². The molecule has 0 aliphatic rings. The van der Waals surface area contributed by atoms with Crippen molar-refractivity contribution in [3.05, 3.63) is 65.0 Å². The van der Waals surface area contributed by atoms with Gasteiger partial charge < -0.3 is 10.1 Å². The first-order valence-electron chi connectivity index (χ1n) is 7.54. The number of hydrogen-bond donors (Lipinski definition) is 1. The van der Waals surface area contributed by atoms with Gasteiger partial charge in [0.2, 0.25) is 0 Å². The highest BCUT2D eigenvalue weighted by molar-refractivity contribution is 9.10. The number of benzene rings is 1. The predicted octanol–water partition coefficient (Wildman–Crippen LogP) is 3.20. The number of ether oxygens (including phenoxy) is 1. The van der Waals surface area contributed by atoms with E-state index in [2.05, 4.69) is 43.1 Å². The van der Waals surface area contributed by atoms with Crippen LogP contribution in [0.15, 0.2) is 59.5 Å². The summed E-state index contributed by atoms with van der Waals surface area (Å²) in [5.74, 6) is 6.22. The van der Waals surface area contributed by atoms with E-state index in [9.17, 15) is 4.79 Å². The molecule has 3 aromatic rings. The van der Waals surface area contributed by atoms with Gasteiger partial charge in [0, 0.05) is 34.5 Å². The Morgan fingerprint density at radius 2 is 2.12 bits per heavy atom. The summed E-state index contributed by atoms with van der Waals surface area (Å²) in [7, 11) is 0. The Balaban J connectivity index is 1.47.